The van der Waals surface area contributed by atoms with Crippen LogP contribution >= 0.6 is 11.6 Å². The molecule has 6 heteroatoms. The zero-order valence-corrected chi connectivity index (χ0v) is 22.1. The summed E-state index contributed by atoms with van der Waals surface area (Å²) in [5.74, 6) is 0.953. The number of hydrogen-bond donors (Lipinski definition) is 2. The molecule has 2 aliphatic carbocycles. The minimum atomic E-state index is -0.240. The Hall–Kier alpha value is -1.85. The van der Waals surface area contributed by atoms with Crippen LogP contribution in [0.5, 0.6) is 0 Å². The molecule has 1 amide bonds. The van der Waals surface area contributed by atoms with E-state index < -0.39 is 0 Å². The molecule has 0 unspecified atom stereocenters. The van der Waals surface area contributed by atoms with Crippen molar-refractivity contribution in [2.75, 3.05) is 0 Å². The van der Waals surface area contributed by atoms with Gasteiger partial charge in [0.1, 0.15) is 0 Å². The average molecular weight is 483 g/mol. The summed E-state index contributed by atoms with van der Waals surface area (Å²) in [6.07, 6.45) is 6.38. The molecule has 0 radical (unpaired) electrons. The van der Waals surface area contributed by atoms with E-state index in [1.54, 1.807) is 0 Å². The van der Waals surface area contributed by atoms with E-state index in [0.717, 1.165) is 29.1 Å². The van der Waals surface area contributed by atoms with Crippen LogP contribution in [0, 0.1) is 16.7 Å². The molecule has 2 saturated carbocycles. The normalized spacial score (nSPS) is 34.5. The summed E-state index contributed by atoms with van der Waals surface area (Å²) in [7, 11) is 0. The van der Waals surface area contributed by atoms with E-state index in [1.165, 1.54) is 12.8 Å². The molecule has 2 heterocycles. The first-order valence-electron chi connectivity index (χ1n) is 12.8. The van der Waals surface area contributed by atoms with E-state index in [4.69, 9.17) is 16.7 Å². The van der Waals surface area contributed by atoms with Crippen LogP contribution in [0.25, 0.3) is 0 Å². The van der Waals surface area contributed by atoms with Gasteiger partial charge in [0.25, 0.3) is 0 Å². The summed E-state index contributed by atoms with van der Waals surface area (Å²) in [6.45, 7) is 13.6. The van der Waals surface area contributed by atoms with Gasteiger partial charge in [-0.05, 0) is 87.0 Å². The first-order chi connectivity index (χ1) is 15.9. The van der Waals surface area contributed by atoms with Crippen LogP contribution in [0.4, 0.5) is 0 Å². The summed E-state index contributed by atoms with van der Waals surface area (Å²) in [5, 5.41) is 12.8. The van der Waals surface area contributed by atoms with Gasteiger partial charge < -0.3 is 5.32 Å². The number of nitrogens with zero attached hydrogens (tertiary/aromatic N) is 2. The average Bonchev–Trinajstić information content (AvgIpc) is 3.50. The number of hydrogen-bond acceptors (Lipinski definition) is 3. The summed E-state index contributed by atoms with van der Waals surface area (Å²) in [6, 6.07) is 10.1. The number of rotatable bonds is 4. The number of aromatic nitrogens is 2. The first kappa shape index (κ1) is 23.9. The Bertz CT molecular complexity index is 1070. The Morgan fingerprint density at radius 1 is 1.15 bits per heavy atom. The number of nitrogens with one attached hydrogen (secondary N) is 2. The maximum atomic E-state index is 13.6. The largest absolute Gasteiger partial charge is 0.351 e. The van der Waals surface area contributed by atoms with Gasteiger partial charge in [0.05, 0.1) is 17.3 Å². The van der Waals surface area contributed by atoms with Crippen LogP contribution in [0.15, 0.2) is 36.5 Å². The molecule has 6 atom stereocenters. The maximum Gasteiger partial charge on any atom is 0.237 e. The molecule has 34 heavy (non-hydrogen) atoms. The fourth-order valence-corrected chi connectivity index (χ4v) is 6.99. The molecule has 1 aromatic carbocycles. The summed E-state index contributed by atoms with van der Waals surface area (Å²) >= 11 is 6.17. The number of amides is 1. The molecule has 5 nitrogen and oxygen atoms in total. The monoisotopic (exact) mass is 482 g/mol. The standard InChI is InChI=1S/C28H39ClN4O/c1-26(2,3)33-14-12-21(32-33)20-16-22(30-24(20)17-7-9-19(29)10-8-17)25(34)31-23-15-18-11-13-28(23,6)27(18,4)5/h7-10,12,14,18,20,22-24,30H,11,13,15-16H2,1-6H3,(H,31,34)/t18-,20+,22+,23+,24+,28+/m1/s1. The lowest BCUT2D eigenvalue weighted by Crippen LogP contribution is -2.51. The molecular formula is C28H39ClN4O. The predicted molar refractivity (Wildman–Crippen MR) is 137 cm³/mol. The molecule has 3 fully saturated rings. The Balaban J connectivity index is 1.38. The van der Waals surface area contributed by atoms with Gasteiger partial charge in [-0.1, -0.05) is 44.5 Å². The lowest BCUT2D eigenvalue weighted by Gasteiger charge is -2.39. The van der Waals surface area contributed by atoms with Crippen LogP contribution in [0.2, 0.25) is 5.02 Å². The second kappa shape index (κ2) is 8.09. The van der Waals surface area contributed by atoms with Gasteiger partial charge in [-0.3, -0.25) is 14.8 Å². The third-order valence-corrected chi connectivity index (χ3v) is 9.86. The lowest BCUT2D eigenvalue weighted by molar-refractivity contribution is -0.124. The zero-order valence-electron chi connectivity index (χ0n) is 21.4. The third kappa shape index (κ3) is 3.80. The van der Waals surface area contributed by atoms with Crippen molar-refractivity contribution >= 4 is 17.5 Å². The predicted octanol–water partition coefficient (Wildman–Crippen LogP) is 5.81. The molecule has 1 saturated heterocycles. The van der Waals surface area contributed by atoms with Crippen molar-refractivity contribution in [3.05, 3.63) is 52.8 Å². The Labute approximate surface area is 209 Å². The molecule has 2 bridgehead atoms. The Morgan fingerprint density at radius 2 is 1.85 bits per heavy atom. The number of fused-ring (bicyclic) bond motifs is 2. The highest BCUT2D eigenvalue weighted by Gasteiger charge is 2.61. The second-order valence-corrected chi connectivity index (χ2v) is 13.1. The Kier molecular flexibility index (Phi) is 5.68. The SMILES string of the molecule is CC(C)(C)n1ccc([C@@H]2C[C@@H](C(=O)N[C@H]3C[C@H]4CC[C@]3(C)C4(C)C)N[C@H]2c2ccc(Cl)cc2)n1. The molecule has 2 N–H and O–H groups in total. The molecule has 2 aromatic rings. The van der Waals surface area contributed by atoms with Crippen molar-refractivity contribution in [2.45, 2.75) is 96.8 Å². The lowest BCUT2D eigenvalue weighted by atomic mass is 9.69. The van der Waals surface area contributed by atoms with Gasteiger partial charge in [-0.2, -0.15) is 5.10 Å². The van der Waals surface area contributed by atoms with Crippen LogP contribution in [-0.4, -0.2) is 27.8 Å². The van der Waals surface area contributed by atoms with Crippen LogP contribution in [0.3, 0.4) is 0 Å². The van der Waals surface area contributed by atoms with Gasteiger partial charge in [0.15, 0.2) is 0 Å². The number of benzene rings is 1. The van der Waals surface area contributed by atoms with Crippen molar-refractivity contribution in [3.8, 4) is 0 Å². The van der Waals surface area contributed by atoms with Crippen molar-refractivity contribution in [2.24, 2.45) is 16.7 Å². The minimum absolute atomic E-state index is 0.0170. The van der Waals surface area contributed by atoms with E-state index in [1.807, 2.05) is 16.8 Å². The van der Waals surface area contributed by atoms with Gasteiger partial charge >= 0.3 is 0 Å². The Morgan fingerprint density at radius 3 is 2.41 bits per heavy atom. The number of carbonyl (C=O) groups excluding carboxylic acids is 1. The smallest absolute Gasteiger partial charge is 0.237 e. The first-order valence-corrected chi connectivity index (χ1v) is 13.2. The summed E-state index contributed by atoms with van der Waals surface area (Å²) in [4.78, 5) is 13.6. The van der Waals surface area contributed by atoms with Crippen LogP contribution in [-0.2, 0) is 10.3 Å². The zero-order chi connectivity index (χ0) is 24.5. The van der Waals surface area contributed by atoms with Crippen molar-refractivity contribution < 1.29 is 4.79 Å². The second-order valence-electron chi connectivity index (χ2n) is 12.6. The van der Waals surface area contributed by atoms with Crippen molar-refractivity contribution in [3.63, 3.8) is 0 Å². The molecule has 0 spiro atoms. The molecule has 3 aliphatic rings. The fourth-order valence-electron chi connectivity index (χ4n) is 6.87. The molecule has 1 aliphatic heterocycles. The highest BCUT2D eigenvalue weighted by Crippen LogP contribution is 2.65. The highest BCUT2D eigenvalue weighted by molar-refractivity contribution is 6.30. The van der Waals surface area contributed by atoms with E-state index in [0.29, 0.717) is 5.92 Å². The molecular weight excluding hydrogens is 444 g/mol. The highest BCUT2D eigenvalue weighted by atomic mass is 35.5. The van der Waals surface area contributed by atoms with Gasteiger partial charge in [0.2, 0.25) is 5.91 Å². The molecule has 5 rings (SSSR count). The fraction of sp³-hybridized carbons (Fsp3) is 0.643. The minimum Gasteiger partial charge on any atom is -0.351 e. The summed E-state index contributed by atoms with van der Waals surface area (Å²) < 4.78 is 2.02. The van der Waals surface area contributed by atoms with Gasteiger partial charge in [-0.15, -0.1) is 0 Å². The topological polar surface area (TPSA) is 59.0 Å². The third-order valence-electron chi connectivity index (χ3n) is 9.61. The van der Waals surface area contributed by atoms with Crippen LogP contribution in [0.1, 0.15) is 90.4 Å². The molecule has 1 aromatic heterocycles. The summed E-state index contributed by atoms with van der Waals surface area (Å²) in [5.41, 5.74) is 2.55. The van der Waals surface area contributed by atoms with Crippen molar-refractivity contribution in [1.29, 1.82) is 0 Å². The van der Waals surface area contributed by atoms with E-state index in [9.17, 15) is 4.79 Å². The number of carbonyl (C=O) groups is 1. The quantitative estimate of drug-likeness (QED) is 0.578. The number of halogens is 1. The van der Waals surface area contributed by atoms with Crippen LogP contribution < -0.4 is 10.6 Å². The van der Waals surface area contributed by atoms with E-state index >= 15 is 0 Å². The molecule has 184 valence electrons. The van der Waals surface area contributed by atoms with E-state index in [2.05, 4.69) is 76.6 Å². The van der Waals surface area contributed by atoms with Crippen molar-refractivity contribution in [1.82, 2.24) is 20.4 Å². The van der Waals surface area contributed by atoms with Gasteiger partial charge in [0, 0.05) is 29.2 Å². The van der Waals surface area contributed by atoms with Gasteiger partial charge in [-0.25, -0.2) is 0 Å². The maximum absolute atomic E-state index is 13.6. The van der Waals surface area contributed by atoms with E-state index in [-0.39, 0.29) is 46.3 Å².